The first-order valence-corrected chi connectivity index (χ1v) is 9.84. The number of pyridine rings is 1. The number of rotatable bonds is 3. The number of hydrogen-bond donors (Lipinski definition) is 0. The fraction of sp³-hybridized carbons (Fsp3) is 0.550. The number of piperidine rings is 1. The van der Waals surface area contributed by atoms with Crippen molar-refractivity contribution in [3.8, 4) is 5.75 Å². The first kappa shape index (κ1) is 18.7. The lowest BCUT2D eigenvalue weighted by atomic mass is 9.94. The summed E-state index contributed by atoms with van der Waals surface area (Å²) in [4.78, 5) is 36.1. The molecule has 4 rings (SSSR count). The SMILES string of the molecule is COc1ccn2c(C(=O)N3CCC(C(=O)N4CCN(C)CC4)CC3)cnc2c1. The van der Waals surface area contributed by atoms with Crippen molar-refractivity contribution < 1.29 is 14.3 Å². The number of methoxy groups -OCH3 is 1. The molecule has 2 fully saturated rings. The average molecular weight is 385 g/mol. The second kappa shape index (κ2) is 7.79. The maximum absolute atomic E-state index is 13.0. The largest absolute Gasteiger partial charge is 0.497 e. The number of nitrogens with zero attached hydrogens (tertiary/aromatic N) is 5. The maximum atomic E-state index is 13.0. The number of imidazole rings is 1. The van der Waals surface area contributed by atoms with Crippen LogP contribution in [-0.2, 0) is 4.79 Å². The van der Waals surface area contributed by atoms with Crippen LogP contribution in [0.15, 0.2) is 24.5 Å². The molecule has 8 heteroatoms. The highest BCUT2D eigenvalue weighted by atomic mass is 16.5. The van der Waals surface area contributed by atoms with E-state index in [0.717, 1.165) is 39.0 Å². The summed E-state index contributed by atoms with van der Waals surface area (Å²) >= 11 is 0. The van der Waals surface area contributed by atoms with Gasteiger partial charge in [-0.15, -0.1) is 0 Å². The van der Waals surface area contributed by atoms with Crippen molar-refractivity contribution in [2.45, 2.75) is 12.8 Å². The van der Waals surface area contributed by atoms with Crippen LogP contribution in [0, 0.1) is 5.92 Å². The molecule has 2 aromatic rings. The summed E-state index contributed by atoms with van der Waals surface area (Å²) in [5.74, 6) is 0.949. The van der Waals surface area contributed by atoms with E-state index >= 15 is 0 Å². The number of likely N-dealkylation sites (N-methyl/N-ethyl adjacent to an activating group) is 1. The predicted octanol–water partition coefficient (Wildman–Crippen LogP) is 0.969. The molecule has 0 N–H and O–H groups in total. The summed E-state index contributed by atoms with van der Waals surface area (Å²) in [6.07, 6.45) is 4.86. The van der Waals surface area contributed by atoms with Gasteiger partial charge in [0.1, 0.15) is 17.1 Å². The topological polar surface area (TPSA) is 70.4 Å². The van der Waals surface area contributed by atoms with Crippen LogP contribution in [0.3, 0.4) is 0 Å². The Hall–Kier alpha value is -2.61. The van der Waals surface area contributed by atoms with Gasteiger partial charge in [0.2, 0.25) is 5.91 Å². The summed E-state index contributed by atoms with van der Waals surface area (Å²) in [6, 6.07) is 3.62. The lowest BCUT2D eigenvalue weighted by Gasteiger charge is -2.37. The van der Waals surface area contributed by atoms with E-state index in [-0.39, 0.29) is 17.7 Å². The van der Waals surface area contributed by atoms with Gasteiger partial charge in [-0.25, -0.2) is 4.98 Å². The van der Waals surface area contributed by atoms with Crippen molar-refractivity contribution in [2.24, 2.45) is 5.92 Å². The van der Waals surface area contributed by atoms with E-state index in [4.69, 9.17) is 4.74 Å². The number of carbonyl (C=O) groups excluding carboxylic acids is 2. The molecule has 2 saturated heterocycles. The summed E-state index contributed by atoms with van der Waals surface area (Å²) in [6.45, 7) is 4.68. The molecule has 4 heterocycles. The first-order valence-electron chi connectivity index (χ1n) is 9.84. The molecule has 0 aliphatic carbocycles. The van der Waals surface area contributed by atoms with Gasteiger partial charge in [0.15, 0.2) is 0 Å². The first-order chi connectivity index (χ1) is 13.6. The fourth-order valence-electron chi connectivity index (χ4n) is 4.02. The van der Waals surface area contributed by atoms with Crippen LogP contribution in [0.4, 0.5) is 0 Å². The third kappa shape index (κ3) is 3.56. The lowest BCUT2D eigenvalue weighted by Crippen LogP contribution is -2.51. The van der Waals surface area contributed by atoms with Gasteiger partial charge in [-0.1, -0.05) is 0 Å². The van der Waals surface area contributed by atoms with Crippen LogP contribution in [0.2, 0.25) is 0 Å². The van der Waals surface area contributed by atoms with Crippen molar-refractivity contribution in [3.63, 3.8) is 0 Å². The average Bonchev–Trinajstić information content (AvgIpc) is 3.16. The third-order valence-corrected chi connectivity index (χ3v) is 5.89. The molecule has 2 aliphatic rings. The Morgan fingerprint density at radius 1 is 1.07 bits per heavy atom. The minimum atomic E-state index is -0.0387. The fourth-order valence-corrected chi connectivity index (χ4v) is 4.02. The van der Waals surface area contributed by atoms with Crippen molar-refractivity contribution in [3.05, 3.63) is 30.2 Å². The number of amides is 2. The second-order valence-electron chi connectivity index (χ2n) is 7.63. The van der Waals surface area contributed by atoms with E-state index < -0.39 is 0 Å². The molecule has 0 unspecified atom stereocenters. The number of fused-ring (bicyclic) bond motifs is 1. The standard InChI is InChI=1S/C20H27N5O3/c1-22-9-11-24(12-10-22)19(26)15-3-6-23(7-4-15)20(27)17-14-21-18-13-16(28-2)5-8-25(17)18/h5,8,13-15H,3-4,6-7,9-12H2,1-2H3. The Morgan fingerprint density at radius 2 is 1.79 bits per heavy atom. The zero-order valence-corrected chi connectivity index (χ0v) is 16.5. The van der Waals surface area contributed by atoms with Crippen LogP contribution >= 0.6 is 0 Å². The van der Waals surface area contributed by atoms with E-state index in [1.54, 1.807) is 30.0 Å². The highest BCUT2D eigenvalue weighted by Crippen LogP contribution is 2.23. The van der Waals surface area contributed by atoms with Crippen molar-refractivity contribution in [1.29, 1.82) is 0 Å². The summed E-state index contributed by atoms with van der Waals surface area (Å²) in [5.41, 5.74) is 1.23. The molecule has 2 aliphatic heterocycles. The maximum Gasteiger partial charge on any atom is 0.272 e. The van der Waals surface area contributed by atoms with E-state index in [1.165, 1.54) is 0 Å². The van der Waals surface area contributed by atoms with Crippen LogP contribution in [0.5, 0.6) is 5.75 Å². The van der Waals surface area contributed by atoms with Gasteiger partial charge in [0.25, 0.3) is 5.91 Å². The van der Waals surface area contributed by atoms with Gasteiger partial charge in [-0.05, 0) is 26.0 Å². The normalized spacial score (nSPS) is 19.2. The number of carbonyl (C=O) groups is 2. The minimum Gasteiger partial charge on any atom is -0.497 e. The molecule has 0 atom stereocenters. The highest BCUT2D eigenvalue weighted by molar-refractivity contribution is 5.93. The molecule has 8 nitrogen and oxygen atoms in total. The van der Waals surface area contributed by atoms with E-state index in [1.807, 2.05) is 15.9 Å². The van der Waals surface area contributed by atoms with Gasteiger partial charge in [0, 0.05) is 57.4 Å². The molecule has 2 amide bonds. The van der Waals surface area contributed by atoms with Crippen molar-refractivity contribution >= 4 is 17.5 Å². The third-order valence-electron chi connectivity index (χ3n) is 5.89. The smallest absolute Gasteiger partial charge is 0.272 e. The molecule has 0 saturated carbocycles. The van der Waals surface area contributed by atoms with Gasteiger partial charge < -0.3 is 19.4 Å². The number of hydrogen-bond acceptors (Lipinski definition) is 5. The van der Waals surface area contributed by atoms with Crippen LogP contribution in [0.1, 0.15) is 23.3 Å². The predicted molar refractivity (Wildman–Crippen MR) is 104 cm³/mol. The van der Waals surface area contributed by atoms with Crippen LogP contribution < -0.4 is 4.74 Å². The molecule has 2 aromatic heterocycles. The van der Waals surface area contributed by atoms with Gasteiger partial charge in [0.05, 0.1) is 13.3 Å². The monoisotopic (exact) mass is 385 g/mol. The second-order valence-corrected chi connectivity index (χ2v) is 7.63. The zero-order valence-electron chi connectivity index (χ0n) is 16.5. The molecule has 28 heavy (non-hydrogen) atoms. The van der Waals surface area contributed by atoms with Crippen molar-refractivity contribution in [2.75, 3.05) is 53.4 Å². The Balaban J connectivity index is 1.38. The Bertz CT molecular complexity index is 864. The number of ether oxygens (including phenoxy) is 1. The number of aromatic nitrogens is 2. The number of likely N-dealkylation sites (tertiary alicyclic amines) is 1. The molecular formula is C20H27N5O3. The molecule has 0 radical (unpaired) electrons. The summed E-state index contributed by atoms with van der Waals surface area (Å²) in [7, 11) is 3.69. The Labute approximate surface area is 164 Å². The highest BCUT2D eigenvalue weighted by Gasteiger charge is 2.32. The Kier molecular flexibility index (Phi) is 5.21. The summed E-state index contributed by atoms with van der Waals surface area (Å²) in [5, 5.41) is 0. The summed E-state index contributed by atoms with van der Waals surface area (Å²) < 4.78 is 7.00. The van der Waals surface area contributed by atoms with E-state index in [2.05, 4.69) is 16.9 Å². The number of piperazine rings is 1. The zero-order chi connectivity index (χ0) is 19.7. The molecule has 0 spiro atoms. The molecule has 150 valence electrons. The van der Waals surface area contributed by atoms with Crippen LogP contribution in [0.25, 0.3) is 5.65 Å². The van der Waals surface area contributed by atoms with Crippen LogP contribution in [-0.4, -0.2) is 89.3 Å². The Morgan fingerprint density at radius 3 is 2.46 bits per heavy atom. The molecule has 0 aromatic carbocycles. The molecular weight excluding hydrogens is 358 g/mol. The van der Waals surface area contributed by atoms with Gasteiger partial charge in [-0.2, -0.15) is 0 Å². The quantitative estimate of drug-likeness (QED) is 0.787. The van der Waals surface area contributed by atoms with E-state index in [0.29, 0.717) is 30.2 Å². The van der Waals surface area contributed by atoms with Gasteiger partial charge in [-0.3, -0.25) is 14.0 Å². The van der Waals surface area contributed by atoms with E-state index in [9.17, 15) is 9.59 Å². The lowest BCUT2D eigenvalue weighted by molar-refractivity contribution is -0.138. The van der Waals surface area contributed by atoms with Gasteiger partial charge >= 0.3 is 0 Å². The molecule has 0 bridgehead atoms. The minimum absolute atomic E-state index is 0.0268. The van der Waals surface area contributed by atoms with Crippen molar-refractivity contribution in [1.82, 2.24) is 24.1 Å².